The molecule has 1 N–H and O–H groups in total. The van der Waals surface area contributed by atoms with Gasteiger partial charge in [-0.25, -0.2) is 4.98 Å². The molecule has 0 aliphatic rings. The molecule has 0 saturated carbocycles. The number of ether oxygens (including phenoxy) is 1. The highest BCUT2D eigenvalue weighted by Crippen LogP contribution is 2.15. The predicted molar refractivity (Wildman–Crippen MR) is 73.2 cm³/mol. The van der Waals surface area contributed by atoms with Crippen molar-refractivity contribution in [1.29, 1.82) is 0 Å². The quantitative estimate of drug-likeness (QED) is 0.615. The minimum absolute atomic E-state index is 0.224. The van der Waals surface area contributed by atoms with E-state index in [2.05, 4.69) is 20.1 Å². The van der Waals surface area contributed by atoms with Gasteiger partial charge in [0.1, 0.15) is 0 Å². The van der Waals surface area contributed by atoms with Crippen LogP contribution in [0, 0.1) is 0 Å². The summed E-state index contributed by atoms with van der Waals surface area (Å²) in [4.78, 5) is 15.4. The first kappa shape index (κ1) is 13.5. The molecule has 7 heteroatoms. The molecular formula is C12H16N4O2S. The summed E-state index contributed by atoms with van der Waals surface area (Å²) in [6.45, 7) is 1.70. The number of hydrogen-bond acceptors (Lipinski definition) is 6. The molecule has 6 nitrogen and oxygen atoms in total. The average Bonchev–Trinajstić information content (AvgIpc) is 3.06. The molecule has 0 atom stereocenters. The van der Waals surface area contributed by atoms with E-state index in [1.165, 1.54) is 18.4 Å². The number of aromatic nitrogens is 3. The zero-order valence-corrected chi connectivity index (χ0v) is 11.5. The zero-order chi connectivity index (χ0) is 13.5. The first-order chi connectivity index (χ1) is 9.28. The lowest BCUT2D eigenvalue weighted by Gasteiger charge is -2.02. The van der Waals surface area contributed by atoms with Crippen LogP contribution in [0.15, 0.2) is 23.8 Å². The number of thiazole rings is 1. The number of nitrogens with one attached hydrogen (secondary N) is 1. The molecule has 0 bridgehead atoms. The Morgan fingerprint density at radius 1 is 1.58 bits per heavy atom. The smallest absolute Gasteiger partial charge is 0.311 e. The van der Waals surface area contributed by atoms with Crippen LogP contribution >= 0.6 is 11.3 Å². The molecule has 2 aromatic heterocycles. The molecule has 0 saturated heterocycles. The third-order valence-corrected chi connectivity index (χ3v) is 3.35. The highest BCUT2D eigenvalue weighted by atomic mass is 32.1. The van der Waals surface area contributed by atoms with Crippen molar-refractivity contribution in [2.75, 3.05) is 19.0 Å². The number of esters is 1. The fourth-order valence-electron chi connectivity index (χ4n) is 1.56. The molecule has 19 heavy (non-hydrogen) atoms. The van der Waals surface area contributed by atoms with Crippen LogP contribution in [0.25, 0.3) is 0 Å². The fourth-order valence-corrected chi connectivity index (χ4v) is 2.30. The van der Waals surface area contributed by atoms with Gasteiger partial charge in [0.05, 0.1) is 19.2 Å². The maximum absolute atomic E-state index is 11.1. The topological polar surface area (TPSA) is 69.0 Å². The van der Waals surface area contributed by atoms with Crippen LogP contribution in [-0.4, -0.2) is 34.4 Å². The maximum atomic E-state index is 11.1. The number of carbonyl (C=O) groups excluding carboxylic acids is 1. The Hall–Kier alpha value is -1.89. The van der Waals surface area contributed by atoms with Crippen molar-refractivity contribution in [3.05, 3.63) is 29.5 Å². The molecular weight excluding hydrogens is 264 g/mol. The standard InChI is InChI=1S/C12H16N4O2S/c1-18-11(17)8-10-9-19-12(15-10)13-4-2-6-16-7-3-5-14-16/h3,5,7,9H,2,4,6,8H2,1H3,(H,13,15). The van der Waals surface area contributed by atoms with E-state index in [0.29, 0.717) is 0 Å². The van der Waals surface area contributed by atoms with Gasteiger partial charge in [0.15, 0.2) is 5.13 Å². The molecule has 102 valence electrons. The lowest BCUT2D eigenvalue weighted by molar-refractivity contribution is -0.139. The fraction of sp³-hybridized carbons (Fsp3) is 0.417. The Labute approximate surface area is 115 Å². The van der Waals surface area contributed by atoms with Gasteiger partial charge >= 0.3 is 5.97 Å². The Morgan fingerprint density at radius 2 is 2.47 bits per heavy atom. The van der Waals surface area contributed by atoms with Crippen molar-refractivity contribution in [3.8, 4) is 0 Å². The van der Waals surface area contributed by atoms with Crippen LogP contribution in [-0.2, 0) is 22.5 Å². The van der Waals surface area contributed by atoms with Crippen molar-refractivity contribution in [2.24, 2.45) is 0 Å². The minimum Gasteiger partial charge on any atom is -0.469 e. The van der Waals surface area contributed by atoms with Crippen LogP contribution in [0.3, 0.4) is 0 Å². The van der Waals surface area contributed by atoms with E-state index in [1.807, 2.05) is 22.3 Å². The van der Waals surface area contributed by atoms with Crippen LogP contribution < -0.4 is 5.32 Å². The van der Waals surface area contributed by atoms with Gasteiger partial charge in [-0.1, -0.05) is 0 Å². The molecule has 0 aromatic carbocycles. The number of rotatable bonds is 7. The van der Waals surface area contributed by atoms with Gasteiger partial charge < -0.3 is 10.1 Å². The molecule has 0 spiro atoms. The van der Waals surface area contributed by atoms with Crippen molar-refractivity contribution >= 4 is 22.4 Å². The van der Waals surface area contributed by atoms with Gasteiger partial charge in [-0.2, -0.15) is 5.10 Å². The van der Waals surface area contributed by atoms with Crippen molar-refractivity contribution in [3.63, 3.8) is 0 Å². The Morgan fingerprint density at radius 3 is 3.21 bits per heavy atom. The van der Waals surface area contributed by atoms with Crippen molar-refractivity contribution < 1.29 is 9.53 Å². The van der Waals surface area contributed by atoms with Crippen LogP contribution in [0.1, 0.15) is 12.1 Å². The van der Waals surface area contributed by atoms with E-state index in [9.17, 15) is 4.79 Å². The van der Waals surface area contributed by atoms with Crippen LogP contribution in [0.4, 0.5) is 5.13 Å². The van der Waals surface area contributed by atoms with E-state index >= 15 is 0 Å². The number of carbonyl (C=O) groups is 1. The molecule has 0 amide bonds. The number of hydrogen-bond donors (Lipinski definition) is 1. The SMILES string of the molecule is COC(=O)Cc1csc(NCCCn2cccn2)n1. The van der Waals surface area contributed by atoms with Crippen LogP contribution in [0.2, 0.25) is 0 Å². The van der Waals surface area contributed by atoms with E-state index < -0.39 is 0 Å². The summed E-state index contributed by atoms with van der Waals surface area (Å²) in [5.74, 6) is -0.268. The zero-order valence-electron chi connectivity index (χ0n) is 10.7. The van der Waals surface area contributed by atoms with E-state index in [1.54, 1.807) is 6.20 Å². The number of aryl methyl sites for hydroxylation is 1. The monoisotopic (exact) mass is 280 g/mol. The molecule has 0 unspecified atom stereocenters. The summed E-state index contributed by atoms with van der Waals surface area (Å²) >= 11 is 1.50. The third-order valence-electron chi connectivity index (χ3n) is 2.50. The Kier molecular flexibility index (Phi) is 4.91. The summed E-state index contributed by atoms with van der Waals surface area (Å²) in [5, 5.41) is 10.1. The van der Waals surface area contributed by atoms with Gasteiger partial charge in [0, 0.05) is 30.9 Å². The highest BCUT2D eigenvalue weighted by Gasteiger charge is 2.07. The summed E-state index contributed by atoms with van der Waals surface area (Å²) in [6, 6.07) is 1.91. The van der Waals surface area contributed by atoms with Gasteiger partial charge in [-0.3, -0.25) is 9.48 Å². The van der Waals surface area contributed by atoms with Gasteiger partial charge in [0.25, 0.3) is 0 Å². The average molecular weight is 280 g/mol. The number of anilines is 1. The normalized spacial score (nSPS) is 10.4. The Bertz CT molecular complexity index is 510. The molecule has 0 aliphatic carbocycles. The maximum Gasteiger partial charge on any atom is 0.311 e. The second-order valence-electron chi connectivity index (χ2n) is 3.95. The summed E-state index contributed by atoms with van der Waals surface area (Å²) < 4.78 is 6.49. The lowest BCUT2D eigenvalue weighted by Crippen LogP contribution is -2.07. The molecule has 0 fully saturated rings. The summed E-state index contributed by atoms with van der Waals surface area (Å²) in [6.07, 6.45) is 4.90. The minimum atomic E-state index is -0.268. The number of nitrogens with zero attached hydrogens (tertiary/aromatic N) is 3. The lowest BCUT2D eigenvalue weighted by atomic mass is 10.3. The molecule has 0 radical (unpaired) electrons. The van der Waals surface area contributed by atoms with Crippen LogP contribution in [0.5, 0.6) is 0 Å². The molecule has 2 heterocycles. The van der Waals surface area contributed by atoms with E-state index in [-0.39, 0.29) is 12.4 Å². The summed E-state index contributed by atoms with van der Waals surface area (Å²) in [7, 11) is 1.38. The predicted octanol–water partition coefficient (Wildman–Crippen LogP) is 1.56. The molecule has 2 aromatic rings. The molecule has 2 rings (SSSR count). The third kappa shape index (κ3) is 4.36. The van der Waals surface area contributed by atoms with E-state index in [4.69, 9.17) is 0 Å². The first-order valence-corrected chi connectivity index (χ1v) is 6.88. The van der Waals surface area contributed by atoms with E-state index in [0.717, 1.165) is 30.3 Å². The Balaban J connectivity index is 1.70. The first-order valence-electron chi connectivity index (χ1n) is 6.00. The van der Waals surface area contributed by atoms with Crippen molar-refractivity contribution in [1.82, 2.24) is 14.8 Å². The summed E-state index contributed by atoms with van der Waals surface area (Å²) in [5.41, 5.74) is 0.742. The largest absolute Gasteiger partial charge is 0.469 e. The number of methoxy groups -OCH3 is 1. The van der Waals surface area contributed by atoms with Crippen molar-refractivity contribution in [2.45, 2.75) is 19.4 Å². The van der Waals surface area contributed by atoms with Gasteiger partial charge in [-0.05, 0) is 12.5 Å². The molecule has 0 aliphatic heterocycles. The second-order valence-corrected chi connectivity index (χ2v) is 4.80. The second kappa shape index (κ2) is 6.89. The van der Waals surface area contributed by atoms with Gasteiger partial charge in [-0.15, -0.1) is 11.3 Å². The van der Waals surface area contributed by atoms with Gasteiger partial charge in [0.2, 0.25) is 0 Å². The highest BCUT2D eigenvalue weighted by molar-refractivity contribution is 7.13.